The minimum atomic E-state index is -1.19. The number of alkyl halides is 1. The second-order valence-corrected chi connectivity index (χ2v) is 9.17. The molecular weight excluding hydrogens is 290 g/mol. The normalized spacial score (nSPS) is 55.7. The monoisotopic (exact) mass is 319 g/mol. The van der Waals surface area contributed by atoms with E-state index in [1.54, 1.807) is 6.92 Å². The van der Waals surface area contributed by atoms with Crippen LogP contribution < -0.4 is 0 Å². The third-order valence-corrected chi connectivity index (χ3v) is 8.26. The van der Waals surface area contributed by atoms with Crippen LogP contribution in [-0.4, -0.2) is 22.7 Å². The van der Waals surface area contributed by atoms with Crippen molar-refractivity contribution in [1.82, 2.24) is 0 Å². The molecule has 0 heterocycles. The van der Waals surface area contributed by atoms with Crippen molar-refractivity contribution in [2.45, 2.75) is 71.1 Å². The van der Waals surface area contributed by atoms with E-state index in [1.807, 2.05) is 6.08 Å². The fourth-order valence-corrected chi connectivity index (χ4v) is 6.79. The van der Waals surface area contributed by atoms with Crippen LogP contribution in [0.4, 0.5) is 4.39 Å². The lowest BCUT2D eigenvalue weighted by molar-refractivity contribution is -0.132. The van der Waals surface area contributed by atoms with Gasteiger partial charge in [0.15, 0.2) is 5.78 Å². The van der Waals surface area contributed by atoms with Gasteiger partial charge >= 0.3 is 0 Å². The molecule has 1 N–H and O–H groups in total. The van der Waals surface area contributed by atoms with Gasteiger partial charge < -0.3 is 5.11 Å². The highest BCUT2D eigenvalue weighted by Crippen LogP contribution is 2.66. The topological polar surface area (TPSA) is 37.3 Å². The average molecular weight is 319 g/mol. The molecule has 128 valence electrons. The molecule has 0 aromatic carbocycles. The van der Waals surface area contributed by atoms with Crippen molar-refractivity contribution in [3.8, 4) is 0 Å². The van der Waals surface area contributed by atoms with E-state index in [0.29, 0.717) is 36.5 Å². The molecule has 0 aliphatic heterocycles. The first kappa shape index (κ1) is 15.8. The molecular formula is C20H29FO2. The van der Waals surface area contributed by atoms with Crippen LogP contribution in [0.3, 0.4) is 0 Å². The van der Waals surface area contributed by atoms with Crippen LogP contribution in [0.2, 0.25) is 0 Å². The Hall–Kier alpha value is -0.700. The van der Waals surface area contributed by atoms with Gasteiger partial charge in [0.05, 0.1) is 5.60 Å². The Labute approximate surface area is 138 Å². The number of carbonyl (C=O) groups excluding carboxylic acids is 1. The number of rotatable bonds is 0. The van der Waals surface area contributed by atoms with E-state index in [0.717, 1.165) is 25.7 Å². The number of allylic oxidation sites excluding steroid dienone is 1. The highest BCUT2D eigenvalue weighted by molar-refractivity contribution is 5.91. The van der Waals surface area contributed by atoms with E-state index in [4.69, 9.17) is 0 Å². The van der Waals surface area contributed by atoms with Crippen LogP contribution in [0.5, 0.6) is 0 Å². The molecule has 0 aromatic rings. The summed E-state index contributed by atoms with van der Waals surface area (Å²) in [6.07, 6.45) is 5.96. The molecule has 0 unspecified atom stereocenters. The molecule has 3 saturated carbocycles. The van der Waals surface area contributed by atoms with Gasteiger partial charge in [-0.05, 0) is 74.7 Å². The molecule has 23 heavy (non-hydrogen) atoms. The van der Waals surface area contributed by atoms with Gasteiger partial charge in [-0.3, -0.25) is 4.79 Å². The highest BCUT2D eigenvalue weighted by Gasteiger charge is 2.65. The van der Waals surface area contributed by atoms with E-state index >= 15 is 0 Å². The quantitative estimate of drug-likeness (QED) is 0.730. The minimum Gasteiger partial charge on any atom is -0.387 e. The molecule has 0 radical (unpaired) electrons. The van der Waals surface area contributed by atoms with E-state index in [2.05, 4.69) is 13.8 Å². The predicted molar refractivity (Wildman–Crippen MR) is 87.5 cm³/mol. The fourth-order valence-electron chi connectivity index (χ4n) is 6.79. The lowest BCUT2D eigenvalue weighted by Crippen LogP contribution is -2.54. The molecule has 4 aliphatic carbocycles. The van der Waals surface area contributed by atoms with E-state index in [-0.39, 0.29) is 17.1 Å². The van der Waals surface area contributed by atoms with Crippen LogP contribution >= 0.6 is 0 Å². The minimum absolute atomic E-state index is 0.278. The molecule has 4 rings (SSSR count). The van der Waals surface area contributed by atoms with Gasteiger partial charge in [-0.1, -0.05) is 19.4 Å². The van der Waals surface area contributed by atoms with Crippen LogP contribution in [0, 0.1) is 35.0 Å². The number of aliphatic hydroxyl groups is 1. The number of carbonyl (C=O) groups is 1. The number of ketones is 1. The predicted octanol–water partition coefficient (Wildman–Crippen LogP) is 4.07. The molecule has 0 aromatic heterocycles. The van der Waals surface area contributed by atoms with Gasteiger partial charge in [-0.25, -0.2) is 4.39 Å². The summed E-state index contributed by atoms with van der Waals surface area (Å²) < 4.78 is 14.6. The summed E-state index contributed by atoms with van der Waals surface area (Å²) in [7, 11) is 0. The number of halogens is 1. The van der Waals surface area contributed by atoms with Crippen LogP contribution in [0.15, 0.2) is 11.6 Å². The molecule has 8 atom stereocenters. The maximum absolute atomic E-state index is 14.6. The standard InChI is InChI=1S/C20H29FO2/c1-11-8-12-9-13(22)4-5-14(12)15-6-7-19(2)16(18(11)15)10-17(21)20(19,3)23/h9,11,14-18,23H,4-8,10H2,1-3H3/t11-,14+,15-,16+,17+,18-,19+,20+/m1/s1/i21-1. The van der Waals surface area contributed by atoms with Crippen LogP contribution in [0.1, 0.15) is 59.3 Å². The summed E-state index contributed by atoms with van der Waals surface area (Å²) in [4.78, 5) is 11.8. The average Bonchev–Trinajstić information content (AvgIpc) is 2.66. The number of hydrogen-bond donors (Lipinski definition) is 1. The van der Waals surface area contributed by atoms with E-state index in [1.165, 1.54) is 5.57 Å². The van der Waals surface area contributed by atoms with Crippen LogP contribution in [-0.2, 0) is 4.79 Å². The second-order valence-electron chi connectivity index (χ2n) is 9.17. The van der Waals surface area contributed by atoms with Gasteiger partial charge in [0, 0.05) is 11.8 Å². The molecule has 3 fully saturated rings. The third kappa shape index (κ3) is 1.98. The Morgan fingerprint density at radius 2 is 2.04 bits per heavy atom. The number of fused-ring (bicyclic) bond motifs is 5. The highest BCUT2D eigenvalue weighted by atomic mass is 18.2. The Morgan fingerprint density at radius 3 is 2.78 bits per heavy atom. The van der Waals surface area contributed by atoms with Gasteiger partial charge in [0.25, 0.3) is 0 Å². The summed E-state index contributed by atoms with van der Waals surface area (Å²) >= 11 is 0. The first-order chi connectivity index (χ1) is 10.8. The van der Waals surface area contributed by atoms with Gasteiger partial charge in [0.1, 0.15) is 6.17 Å². The van der Waals surface area contributed by atoms with Gasteiger partial charge in [-0.2, -0.15) is 0 Å². The van der Waals surface area contributed by atoms with Crippen molar-refractivity contribution < 1.29 is 14.3 Å². The lowest BCUT2D eigenvalue weighted by atomic mass is 9.48. The van der Waals surface area contributed by atoms with Crippen LogP contribution in [0.25, 0.3) is 0 Å². The summed E-state index contributed by atoms with van der Waals surface area (Å²) in [6.45, 7) is 6.12. The van der Waals surface area contributed by atoms with E-state index < -0.39 is 11.8 Å². The zero-order chi connectivity index (χ0) is 16.6. The Kier molecular flexibility index (Phi) is 3.37. The zero-order valence-electron chi connectivity index (χ0n) is 14.5. The Morgan fingerprint density at radius 1 is 1.30 bits per heavy atom. The van der Waals surface area contributed by atoms with Crippen molar-refractivity contribution in [1.29, 1.82) is 0 Å². The smallest absolute Gasteiger partial charge is 0.155 e. The zero-order valence-corrected chi connectivity index (χ0v) is 14.5. The van der Waals surface area contributed by atoms with Gasteiger partial charge in [-0.15, -0.1) is 0 Å². The van der Waals surface area contributed by atoms with Crippen molar-refractivity contribution in [3.05, 3.63) is 11.6 Å². The molecule has 0 saturated heterocycles. The third-order valence-electron chi connectivity index (χ3n) is 8.26. The summed E-state index contributed by atoms with van der Waals surface area (Å²) in [5.74, 6) is 2.66. The summed E-state index contributed by atoms with van der Waals surface area (Å²) in [6, 6.07) is 0. The maximum atomic E-state index is 14.6. The summed E-state index contributed by atoms with van der Waals surface area (Å²) in [5, 5.41) is 10.8. The van der Waals surface area contributed by atoms with E-state index in [9.17, 15) is 14.3 Å². The fraction of sp³-hybridized carbons (Fsp3) is 0.850. The first-order valence-corrected chi connectivity index (χ1v) is 9.35. The summed E-state index contributed by atoms with van der Waals surface area (Å²) in [5.41, 5.74) is -0.130. The SMILES string of the molecule is C[C@@H]1CC2=CC(=O)CC[C@@H]2[C@H]2CC[C@@]3(C)[C@@H](C[C@H]([18F])[C@]3(C)O)[C@@H]21. The molecule has 0 spiro atoms. The number of hydrogen-bond acceptors (Lipinski definition) is 2. The Balaban J connectivity index is 1.71. The van der Waals surface area contributed by atoms with Gasteiger partial charge in [0.2, 0.25) is 0 Å². The molecule has 0 bridgehead atoms. The molecule has 4 aliphatic rings. The molecule has 3 heteroatoms. The van der Waals surface area contributed by atoms with Crippen molar-refractivity contribution in [2.24, 2.45) is 35.0 Å². The Bertz CT molecular complexity index is 566. The maximum Gasteiger partial charge on any atom is 0.155 e. The lowest BCUT2D eigenvalue weighted by Gasteiger charge is -2.57. The molecule has 0 amide bonds. The molecule has 2 nitrogen and oxygen atoms in total. The van der Waals surface area contributed by atoms with Crippen molar-refractivity contribution in [3.63, 3.8) is 0 Å². The van der Waals surface area contributed by atoms with Crippen molar-refractivity contribution >= 4 is 5.78 Å². The van der Waals surface area contributed by atoms with Crippen molar-refractivity contribution in [2.75, 3.05) is 0 Å². The first-order valence-electron chi connectivity index (χ1n) is 9.35. The largest absolute Gasteiger partial charge is 0.387 e. The second kappa shape index (κ2) is 4.91.